The van der Waals surface area contributed by atoms with Crippen molar-refractivity contribution in [3.05, 3.63) is 45.7 Å². The lowest BCUT2D eigenvalue weighted by atomic mass is 9.93. The summed E-state index contributed by atoms with van der Waals surface area (Å²) in [4.78, 5) is 27.8. The molecule has 2 N–H and O–H groups in total. The Hall–Kier alpha value is -2.28. The first-order valence-corrected chi connectivity index (χ1v) is 8.35. The molecule has 1 aromatic heterocycles. The summed E-state index contributed by atoms with van der Waals surface area (Å²) in [6.07, 6.45) is 0. The molecule has 0 atom stereocenters. The number of thiazole rings is 1. The van der Waals surface area contributed by atoms with Crippen molar-refractivity contribution in [2.24, 2.45) is 0 Å². The largest absolute Gasteiger partial charge is 0.346 e. The summed E-state index contributed by atoms with van der Waals surface area (Å²) in [5, 5.41) is 7.90. The van der Waals surface area contributed by atoms with Crippen molar-refractivity contribution in [3.8, 4) is 0 Å². The predicted molar refractivity (Wildman–Crippen MR) is 92.7 cm³/mol. The average molecular weight is 349 g/mol. The van der Waals surface area contributed by atoms with E-state index in [-0.39, 0.29) is 22.6 Å². The summed E-state index contributed by atoms with van der Waals surface area (Å²) in [5.74, 6) is -1.34. The Kier molecular flexibility index (Phi) is 5.33. The van der Waals surface area contributed by atoms with Crippen LogP contribution in [-0.2, 0) is 16.8 Å². The summed E-state index contributed by atoms with van der Waals surface area (Å²) >= 11 is 1.48. The minimum absolute atomic E-state index is 0.0144. The van der Waals surface area contributed by atoms with E-state index in [1.165, 1.54) is 30.4 Å². The average Bonchev–Trinajstić information content (AvgIpc) is 2.95. The van der Waals surface area contributed by atoms with Gasteiger partial charge in [-0.3, -0.25) is 9.59 Å². The number of hydrogen-bond donors (Lipinski definition) is 2. The molecule has 7 heteroatoms. The number of hydrogen-bond acceptors (Lipinski definition) is 4. The second-order valence-electron chi connectivity index (χ2n) is 6.43. The Bertz CT molecular complexity index is 765. The summed E-state index contributed by atoms with van der Waals surface area (Å²) in [5.41, 5.74) is 1.20. The van der Waals surface area contributed by atoms with Gasteiger partial charge in [-0.2, -0.15) is 0 Å². The monoisotopic (exact) mass is 349 g/mol. The van der Waals surface area contributed by atoms with Crippen LogP contribution in [0.25, 0.3) is 0 Å². The van der Waals surface area contributed by atoms with Crippen LogP contribution in [0.15, 0.2) is 23.6 Å². The molecule has 1 aromatic carbocycles. The number of carbonyl (C=O) groups excluding carboxylic acids is 2. The second kappa shape index (κ2) is 7.09. The highest BCUT2D eigenvalue weighted by atomic mass is 32.1. The third-order valence-corrected chi connectivity index (χ3v) is 4.11. The number of nitrogens with zero attached hydrogens (tertiary/aromatic N) is 1. The predicted octanol–water partition coefficient (Wildman–Crippen LogP) is 3.47. The van der Waals surface area contributed by atoms with Crippen molar-refractivity contribution < 1.29 is 14.0 Å². The van der Waals surface area contributed by atoms with Crippen molar-refractivity contribution in [1.82, 2.24) is 10.3 Å². The van der Waals surface area contributed by atoms with E-state index in [2.05, 4.69) is 36.4 Å². The molecule has 2 rings (SSSR count). The van der Waals surface area contributed by atoms with Gasteiger partial charge in [0.05, 0.1) is 17.9 Å². The molecule has 0 aliphatic carbocycles. The van der Waals surface area contributed by atoms with Crippen molar-refractivity contribution in [1.29, 1.82) is 0 Å². The summed E-state index contributed by atoms with van der Waals surface area (Å²) in [7, 11) is 0. The molecule has 0 unspecified atom stereocenters. The minimum atomic E-state index is -0.587. The van der Waals surface area contributed by atoms with Crippen molar-refractivity contribution in [3.63, 3.8) is 0 Å². The van der Waals surface area contributed by atoms with Gasteiger partial charge in [-0.05, 0) is 18.2 Å². The van der Waals surface area contributed by atoms with Crippen LogP contribution in [0.5, 0.6) is 0 Å². The third-order valence-electron chi connectivity index (χ3n) is 3.26. The van der Waals surface area contributed by atoms with Crippen LogP contribution in [0.3, 0.4) is 0 Å². The third kappa shape index (κ3) is 4.61. The fourth-order valence-electron chi connectivity index (χ4n) is 1.95. The molecule has 1 heterocycles. The van der Waals surface area contributed by atoms with Gasteiger partial charge in [-0.1, -0.05) is 20.8 Å². The molecule has 0 spiro atoms. The zero-order valence-electron chi connectivity index (χ0n) is 14.1. The highest BCUT2D eigenvalue weighted by Gasteiger charge is 2.18. The zero-order chi connectivity index (χ0) is 17.9. The molecule has 0 bridgehead atoms. The van der Waals surface area contributed by atoms with Gasteiger partial charge in [-0.25, -0.2) is 9.37 Å². The number of nitrogens with one attached hydrogen (secondary N) is 2. The molecule has 0 saturated heterocycles. The lowest BCUT2D eigenvalue weighted by Gasteiger charge is -2.14. The van der Waals surface area contributed by atoms with Crippen LogP contribution in [0.2, 0.25) is 0 Å². The number of halogens is 1. The van der Waals surface area contributed by atoms with Crippen LogP contribution in [0, 0.1) is 5.82 Å². The topological polar surface area (TPSA) is 71.1 Å². The van der Waals surface area contributed by atoms with Gasteiger partial charge >= 0.3 is 0 Å². The Labute approximate surface area is 144 Å². The van der Waals surface area contributed by atoms with Gasteiger partial charge in [0.2, 0.25) is 5.91 Å². The number of carbonyl (C=O) groups is 2. The zero-order valence-corrected chi connectivity index (χ0v) is 14.9. The quantitative estimate of drug-likeness (QED) is 0.888. The fraction of sp³-hybridized carbons (Fsp3) is 0.353. The van der Waals surface area contributed by atoms with E-state index in [1.807, 2.05) is 5.38 Å². The number of amides is 2. The molecule has 0 saturated carbocycles. The van der Waals surface area contributed by atoms with Crippen LogP contribution in [-0.4, -0.2) is 16.8 Å². The minimum Gasteiger partial charge on any atom is -0.346 e. The maximum atomic E-state index is 13.6. The van der Waals surface area contributed by atoms with Crippen molar-refractivity contribution in [2.45, 2.75) is 39.7 Å². The van der Waals surface area contributed by atoms with Crippen LogP contribution in [0.1, 0.15) is 48.8 Å². The molecule has 0 aliphatic heterocycles. The smallest absolute Gasteiger partial charge is 0.251 e. The molecule has 0 aliphatic rings. The van der Waals surface area contributed by atoms with E-state index in [9.17, 15) is 14.0 Å². The first-order chi connectivity index (χ1) is 11.2. The van der Waals surface area contributed by atoms with E-state index >= 15 is 0 Å². The molecule has 2 amide bonds. The Morgan fingerprint density at radius 2 is 2.00 bits per heavy atom. The number of benzene rings is 1. The Balaban J connectivity index is 2.05. The second-order valence-corrected chi connectivity index (χ2v) is 7.38. The standard InChI is InChI=1S/C17H20FN3O2S/c1-10(22)20-13-7-11(5-6-12(13)18)16(23)19-8-15-21-14(9-24-15)17(2,3)4/h5-7,9H,8H2,1-4H3,(H,19,23)(H,20,22). The normalized spacial score (nSPS) is 11.2. The van der Waals surface area contributed by atoms with Gasteiger partial charge < -0.3 is 10.6 Å². The molecule has 0 radical (unpaired) electrons. The van der Waals surface area contributed by atoms with Gasteiger partial charge in [0.25, 0.3) is 5.91 Å². The highest BCUT2D eigenvalue weighted by Crippen LogP contribution is 2.24. The summed E-state index contributed by atoms with van der Waals surface area (Å²) in [6, 6.07) is 3.84. The lowest BCUT2D eigenvalue weighted by Crippen LogP contribution is -2.23. The molecular weight excluding hydrogens is 329 g/mol. The first kappa shape index (κ1) is 18.1. The Morgan fingerprint density at radius 3 is 2.58 bits per heavy atom. The first-order valence-electron chi connectivity index (χ1n) is 7.47. The molecule has 0 fully saturated rings. The lowest BCUT2D eigenvalue weighted by molar-refractivity contribution is -0.114. The van der Waals surface area contributed by atoms with Crippen molar-refractivity contribution in [2.75, 3.05) is 5.32 Å². The van der Waals surface area contributed by atoms with Gasteiger partial charge in [0.1, 0.15) is 10.8 Å². The Morgan fingerprint density at radius 1 is 1.29 bits per heavy atom. The maximum Gasteiger partial charge on any atom is 0.251 e. The summed E-state index contributed by atoms with van der Waals surface area (Å²) < 4.78 is 13.6. The molecular formula is C17H20FN3O2S. The van der Waals surface area contributed by atoms with E-state index in [0.29, 0.717) is 6.54 Å². The summed E-state index contributed by atoms with van der Waals surface area (Å²) in [6.45, 7) is 7.80. The van der Waals surface area contributed by atoms with E-state index in [4.69, 9.17) is 0 Å². The van der Waals surface area contributed by atoms with Crippen LogP contribution >= 0.6 is 11.3 Å². The van der Waals surface area contributed by atoms with Crippen molar-refractivity contribution >= 4 is 28.8 Å². The highest BCUT2D eigenvalue weighted by molar-refractivity contribution is 7.09. The number of rotatable bonds is 4. The van der Waals surface area contributed by atoms with Crippen LogP contribution in [0.4, 0.5) is 10.1 Å². The number of anilines is 1. The molecule has 24 heavy (non-hydrogen) atoms. The van der Waals surface area contributed by atoms with E-state index in [1.54, 1.807) is 0 Å². The molecule has 2 aromatic rings. The van der Waals surface area contributed by atoms with Crippen LogP contribution < -0.4 is 10.6 Å². The molecule has 5 nitrogen and oxygen atoms in total. The van der Waals surface area contributed by atoms with E-state index in [0.717, 1.165) is 16.8 Å². The molecule has 128 valence electrons. The maximum absolute atomic E-state index is 13.6. The van der Waals surface area contributed by atoms with E-state index < -0.39 is 11.7 Å². The van der Waals surface area contributed by atoms with Gasteiger partial charge in [0.15, 0.2) is 0 Å². The SMILES string of the molecule is CC(=O)Nc1cc(C(=O)NCc2nc(C(C)(C)C)cs2)ccc1F. The van der Waals surface area contributed by atoms with Gasteiger partial charge in [0, 0.05) is 23.3 Å². The van der Waals surface area contributed by atoms with Gasteiger partial charge in [-0.15, -0.1) is 11.3 Å². The number of aromatic nitrogens is 1. The fourth-order valence-corrected chi connectivity index (χ4v) is 2.91.